The fourth-order valence-electron chi connectivity index (χ4n) is 2.18. The van der Waals surface area contributed by atoms with Crippen LogP contribution >= 0.6 is 39.1 Å². The average Bonchev–Trinajstić information content (AvgIpc) is 3.08. The molecule has 120 valence electrons. The van der Waals surface area contributed by atoms with Crippen molar-refractivity contribution in [1.82, 2.24) is 9.97 Å². The van der Waals surface area contributed by atoms with Crippen molar-refractivity contribution in [2.75, 3.05) is 0 Å². The molecule has 0 saturated carbocycles. The van der Waals surface area contributed by atoms with Crippen molar-refractivity contribution in [2.24, 2.45) is 0 Å². The van der Waals surface area contributed by atoms with Crippen molar-refractivity contribution in [2.45, 2.75) is 0 Å². The summed E-state index contributed by atoms with van der Waals surface area (Å²) in [5.41, 5.74) is 1.68. The molecule has 0 unspecified atom stereocenters. The number of H-pyrrole nitrogens is 1. The van der Waals surface area contributed by atoms with Crippen LogP contribution in [0, 0.1) is 0 Å². The summed E-state index contributed by atoms with van der Waals surface area (Å²) < 4.78 is 0.906. The Morgan fingerprint density at radius 2 is 1.88 bits per heavy atom. The lowest BCUT2D eigenvalue weighted by molar-refractivity contribution is 0.105. The number of imidazole rings is 1. The quantitative estimate of drug-likeness (QED) is 0.420. The van der Waals surface area contributed by atoms with Crippen LogP contribution in [0.2, 0.25) is 10.0 Å². The maximum Gasteiger partial charge on any atom is 0.196 e. The summed E-state index contributed by atoms with van der Waals surface area (Å²) in [6.45, 7) is 0. The number of hydrogen-bond acceptors (Lipinski definition) is 2. The monoisotopic (exact) mass is 420 g/mol. The predicted molar refractivity (Wildman–Crippen MR) is 101 cm³/mol. The van der Waals surface area contributed by atoms with Gasteiger partial charge in [-0.1, -0.05) is 45.2 Å². The molecule has 3 aromatic rings. The first-order chi connectivity index (χ1) is 11.5. The molecule has 0 amide bonds. The molecule has 0 atom stereocenters. The Morgan fingerprint density at radius 1 is 1.12 bits per heavy atom. The molecule has 0 spiro atoms. The van der Waals surface area contributed by atoms with Gasteiger partial charge in [-0.2, -0.15) is 0 Å². The van der Waals surface area contributed by atoms with Gasteiger partial charge in [0, 0.05) is 32.5 Å². The first-order valence-electron chi connectivity index (χ1n) is 7.01. The molecule has 6 heteroatoms. The fourth-order valence-corrected chi connectivity index (χ4v) is 2.91. The number of aromatic amines is 1. The van der Waals surface area contributed by atoms with E-state index in [9.17, 15) is 4.79 Å². The van der Waals surface area contributed by atoms with Crippen LogP contribution in [0.15, 0.2) is 59.3 Å². The Labute approximate surface area is 157 Å². The van der Waals surface area contributed by atoms with Gasteiger partial charge in [-0.3, -0.25) is 4.79 Å². The lowest BCUT2D eigenvalue weighted by atomic mass is 10.0. The highest BCUT2D eigenvalue weighted by Gasteiger charge is 2.17. The van der Waals surface area contributed by atoms with Crippen molar-refractivity contribution >= 4 is 56.6 Å². The van der Waals surface area contributed by atoms with Gasteiger partial charge in [-0.15, -0.1) is 0 Å². The molecule has 0 aliphatic heterocycles. The minimum absolute atomic E-state index is 0.150. The third kappa shape index (κ3) is 3.78. The van der Waals surface area contributed by atoms with Crippen molar-refractivity contribution < 1.29 is 4.79 Å². The summed E-state index contributed by atoms with van der Waals surface area (Å²) in [6.07, 6.45) is 4.98. The number of hydrogen-bond donors (Lipinski definition) is 1. The van der Waals surface area contributed by atoms with E-state index in [1.165, 1.54) is 0 Å². The zero-order valence-electron chi connectivity index (χ0n) is 12.3. The highest BCUT2D eigenvalue weighted by atomic mass is 79.9. The summed E-state index contributed by atoms with van der Waals surface area (Å²) in [5, 5.41) is 1.01. The lowest BCUT2D eigenvalue weighted by Crippen LogP contribution is -2.04. The van der Waals surface area contributed by atoms with Crippen LogP contribution in [0.25, 0.3) is 11.6 Å². The first kappa shape index (κ1) is 17.0. The second-order valence-corrected chi connectivity index (χ2v) is 6.76. The van der Waals surface area contributed by atoms with Gasteiger partial charge in [0.2, 0.25) is 0 Å². The number of carbonyl (C=O) groups excluding carboxylic acids is 1. The maximum absolute atomic E-state index is 12.9. The number of halogens is 3. The van der Waals surface area contributed by atoms with E-state index in [4.69, 9.17) is 23.2 Å². The van der Waals surface area contributed by atoms with Crippen LogP contribution in [0.4, 0.5) is 0 Å². The van der Waals surface area contributed by atoms with Crippen molar-refractivity contribution in [3.05, 3.63) is 86.3 Å². The molecular formula is C18H11BrCl2N2O. The number of ketones is 1. The number of carbonyl (C=O) groups is 1. The average molecular weight is 422 g/mol. The number of nitrogens with one attached hydrogen (secondary N) is 1. The molecule has 24 heavy (non-hydrogen) atoms. The van der Waals surface area contributed by atoms with E-state index in [0.717, 1.165) is 4.47 Å². The molecule has 0 radical (unpaired) electrons. The minimum Gasteiger partial charge on any atom is -0.345 e. The number of aromatic nitrogens is 2. The Bertz CT molecular complexity index is 903. The molecule has 3 rings (SSSR count). The highest BCUT2D eigenvalue weighted by molar-refractivity contribution is 9.10. The fraction of sp³-hybridized carbons (Fsp3) is 0. The predicted octanol–water partition coefficient (Wildman–Crippen LogP) is 5.90. The zero-order valence-corrected chi connectivity index (χ0v) is 15.4. The standard InChI is InChI=1S/C18H11BrCl2N2O/c19-13-4-1-11(2-5-13)17(24)15(18-22-7-8-23-18)9-12-3-6-14(20)10-16(12)21/h1-10H,(H,22,23)/b15-9-. The van der Waals surface area contributed by atoms with Gasteiger partial charge in [-0.25, -0.2) is 4.98 Å². The molecule has 0 saturated heterocycles. The SMILES string of the molecule is O=C(/C(=C/c1ccc(Cl)cc1Cl)c1ncc[nH]1)c1ccc(Br)cc1. The van der Waals surface area contributed by atoms with Gasteiger partial charge in [-0.05, 0) is 48.0 Å². The van der Waals surface area contributed by atoms with E-state index in [1.54, 1.807) is 48.8 Å². The minimum atomic E-state index is -0.150. The molecule has 0 aliphatic carbocycles. The topological polar surface area (TPSA) is 45.8 Å². The third-order valence-electron chi connectivity index (χ3n) is 3.37. The molecule has 0 aliphatic rings. The van der Waals surface area contributed by atoms with E-state index in [0.29, 0.717) is 32.6 Å². The normalized spacial score (nSPS) is 11.5. The summed E-state index contributed by atoms with van der Waals surface area (Å²) in [4.78, 5) is 20.1. The number of allylic oxidation sites excluding steroid dienone is 1. The van der Waals surface area contributed by atoms with Gasteiger partial charge < -0.3 is 4.98 Å². The Balaban J connectivity index is 2.08. The van der Waals surface area contributed by atoms with Gasteiger partial charge in [0.1, 0.15) is 5.82 Å². The van der Waals surface area contributed by atoms with Crippen LogP contribution in [0.5, 0.6) is 0 Å². The highest BCUT2D eigenvalue weighted by Crippen LogP contribution is 2.27. The van der Waals surface area contributed by atoms with Gasteiger partial charge in [0.05, 0.1) is 5.57 Å². The molecular weight excluding hydrogens is 411 g/mol. The van der Waals surface area contributed by atoms with E-state index < -0.39 is 0 Å². The van der Waals surface area contributed by atoms with E-state index in [1.807, 2.05) is 12.1 Å². The number of benzene rings is 2. The van der Waals surface area contributed by atoms with Gasteiger partial charge >= 0.3 is 0 Å². The third-order valence-corrected chi connectivity index (χ3v) is 4.46. The second kappa shape index (κ2) is 7.34. The van der Waals surface area contributed by atoms with Crippen molar-refractivity contribution in [3.63, 3.8) is 0 Å². The first-order valence-corrected chi connectivity index (χ1v) is 8.56. The molecule has 0 fully saturated rings. The van der Waals surface area contributed by atoms with Crippen molar-refractivity contribution in [3.8, 4) is 0 Å². The van der Waals surface area contributed by atoms with Gasteiger partial charge in [0.25, 0.3) is 0 Å². The van der Waals surface area contributed by atoms with Crippen molar-refractivity contribution in [1.29, 1.82) is 0 Å². The smallest absolute Gasteiger partial charge is 0.196 e. The van der Waals surface area contributed by atoms with E-state index in [-0.39, 0.29) is 5.78 Å². The van der Waals surface area contributed by atoms with Crippen LogP contribution in [0.3, 0.4) is 0 Å². The summed E-state index contributed by atoms with van der Waals surface area (Å²) in [5.74, 6) is 0.331. The largest absolute Gasteiger partial charge is 0.345 e. The zero-order chi connectivity index (χ0) is 17.1. The van der Waals surface area contributed by atoms with Gasteiger partial charge in [0.15, 0.2) is 5.78 Å². The van der Waals surface area contributed by atoms with Crippen LogP contribution < -0.4 is 0 Å². The number of nitrogens with zero attached hydrogens (tertiary/aromatic N) is 1. The van der Waals surface area contributed by atoms with Crippen LogP contribution in [0.1, 0.15) is 21.7 Å². The van der Waals surface area contributed by atoms with Crippen LogP contribution in [-0.4, -0.2) is 15.8 Å². The number of Topliss-reactive ketones (excluding diaryl/α,β-unsaturated/α-hetero) is 1. The Hall–Kier alpha value is -1.88. The molecule has 2 aromatic carbocycles. The van der Waals surface area contributed by atoms with E-state index in [2.05, 4.69) is 25.9 Å². The lowest BCUT2D eigenvalue weighted by Gasteiger charge is -2.06. The second-order valence-electron chi connectivity index (χ2n) is 5.00. The summed E-state index contributed by atoms with van der Waals surface area (Å²) in [7, 11) is 0. The molecule has 3 nitrogen and oxygen atoms in total. The van der Waals surface area contributed by atoms with E-state index >= 15 is 0 Å². The van der Waals surface area contributed by atoms with Crippen LogP contribution in [-0.2, 0) is 0 Å². The summed E-state index contributed by atoms with van der Waals surface area (Å²) in [6, 6.07) is 12.3. The maximum atomic E-state index is 12.9. The Kier molecular flexibility index (Phi) is 5.19. The number of rotatable bonds is 4. The molecule has 0 bridgehead atoms. The molecule has 1 heterocycles. The molecule has 1 N–H and O–H groups in total. The molecule has 1 aromatic heterocycles. The Morgan fingerprint density at radius 3 is 2.50 bits per heavy atom. The summed E-state index contributed by atoms with van der Waals surface area (Å²) >= 11 is 15.5.